The molecule has 2 atom stereocenters. The number of non-ortho nitro benzene ring substituents is 1. The van der Waals surface area contributed by atoms with Crippen LogP contribution in [0.3, 0.4) is 0 Å². The van der Waals surface area contributed by atoms with Crippen LogP contribution in [-0.2, 0) is 28.7 Å². The predicted octanol–water partition coefficient (Wildman–Crippen LogP) is 5.97. The number of fused-ring (bicyclic) bond motifs is 1. The number of Topliss-reactive ketones (excluding diaryl/α,β-unsaturated/α-hetero) is 1. The van der Waals surface area contributed by atoms with Gasteiger partial charge in [0, 0.05) is 43.0 Å². The molecule has 5 rings (SSSR count). The zero-order valence-corrected chi connectivity index (χ0v) is 27.4. The maximum atomic E-state index is 14.3. The average Bonchev–Trinajstić information content (AvgIpc) is 3.10. The minimum atomic E-state index is -1.82. The minimum absolute atomic E-state index is 0.0793. The Morgan fingerprint density at radius 1 is 1.02 bits per heavy atom. The Bertz CT molecular complexity index is 1700. The van der Waals surface area contributed by atoms with Crippen molar-refractivity contribution in [1.82, 2.24) is 4.90 Å². The molecule has 2 heterocycles. The second-order valence-corrected chi connectivity index (χ2v) is 12.5. The third-order valence-corrected chi connectivity index (χ3v) is 9.54. The van der Waals surface area contributed by atoms with Crippen LogP contribution in [0.2, 0.25) is 0 Å². The van der Waals surface area contributed by atoms with E-state index in [0.717, 1.165) is 12.8 Å². The maximum Gasteiger partial charge on any atom is 0.356 e. The van der Waals surface area contributed by atoms with Gasteiger partial charge < -0.3 is 9.47 Å². The highest BCUT2D eigenvalue weighted by molar-refractivity contribution is 8.00. The molecule has 1 fully saturated rings. The van der Waals surface area contributed by atoms with Crippen LogP contribution in [0.1, 0.15) is 62.3 Å². The number of nitrogens with zero attached hydrogens (tertiary/aromatic N) is 3. The quantitative estimate of drug-likeness (QED) is 0.0386. The number of carbonyl (C=O) groups excluding carboxylic acids is 4. The van der Waals surface area contributed by atoms with Crippen LogP contribution in [-0.4, -0.2) is 62.9 Å². The van der Waals surface area contributed by atoms with Crippen LogP contribution in [0.15, 0.2) is 101 Å². The number of ether oxygens (including phenoxy) is 2. The van der Waals surface area contributed by atoms with E-state index in [1.54, 1.807) is 0 Å². The predicted molar refractivity (Wildman–Crippen MR) is 180 cm³/mol. The SMILES string of the molecule is CCCCCC(=O)[C@]1(N=Cc2ccc([N+](=O)[O-])cc2)C(=O)N2C(C(=O)OC(c3ccccc3)c3ccccc3)=C(COC(C)=O)CS[C@@H]21. The van der Waals surface area contributed by atoms with Crippen molar-refractivity contribution >= 4 is 47.3 Å². The fourth-order valence-electron chi connectivity index (χ4n) is 5.67. The first kappa shape index (κ1) is 34.2. The standard InChI is InChI=1S/C36H35N3O8S/c1-3-4-7-16-30(41)36(37-21-25-17-19-29(20-18-25)39(44)45)34(43)38-31(28(22-46-24(2)40)23-48-35(36)38)33(42)47-32(26-12-8-5-9-13-26)27-14-10-6-11-15-27/h5-6,8-15,17-21,32,35H,3-4,7,16,22-23H2,1-2H3/t35-,36+/m1/s1. The number of aliphatic imine (C=N–C) groups is 1. The van der Waals surface area contributed by atoms with Gasteiger partial charge in [0.2, 0.25) is 5.54 Å². The summed E-state index contributed by atoms with van der Waals surface area (Å²) in [5.74, 6) is -2.26. The molecule has 0 aromatic heterocycles. The molecule has 0 bridgehead atoms. The third kappa shape index (κ3) is 7.08. The lowest BCUT2D eigenvalue weighted by molar-refractivity contribution is -0.384. The molecule has 12 heteroatoms. The van der Waals surface area contributed by atoms with Gasteiger partial charge in [-0.2, -0.15) is 0 Å². The van der Waals surface area contributed by atoms with Gasteiger partial charge in [0.05, 0.1) is 4.92 Å². The molecule has 11 nitrogen and oxygen atoms in total. The summed E-state index contributed by atoms with van der Waals surface area (Å²) >= 11 is 1.25. The van der Waals surface area contributed by atoms with Gasteiger partial charge in [0.25, 0.3) is 11.6 Å². The van der Waals surface area contributed by atoms with Crippen molar-refractivity contribution in [1.29, 1.82) is 0 Å². The summed E-state index contributed by atoms with van der Waals surface area (Å²) in [4.78, 5) is 70.6. The fourth-order valence-corrected chi connectivity index (χ4v) is 7.13. The molecule has 0 aliphatic carbocycles. The number of esters is 2. The van der Waals surface area contributed by atoms with Crippen molar-refractivity contribution in [2.45, 2.75) is 56.5 Å². The van der Waals surface area contributed by atoms with Crippen molar-refractivity contribution in [3.8, 4) is 0 Å². The number of unbranched alkanes of at least 4 members (excludes halogenated alkanes) is 2. The lowest BCUT2D eigenvalue weighted by Crippen LogP contribution is -2.76. The van der Waals surface area contributed by atoms with Crippen molar-refractivity contribution in [2.75, 3.05) is 12.4 Å². The van der Waals surface area contributed by atoms with Gasteiger partial charge in [-0.25, -0.2) is 4.79 Å². The molecule has 3 aromatic rings. The Morgan fingerprint density at radius 3 is 2.21 bits per heavy atom. The van der Waals surface area contributed by atoms with Crippen molar-refractivity contribution in [3.05, 3.63) is 123 Å². The number of hydrogen-bond acceptors (Lipinski definition) is 10. The number of carbonyl (C=O) groups is 4. The molecule has 248 valence electrons. The Balaban J connectivity index is 1.53. The fraction of sp³-hybridized carbons (Fsp3) is 0.306. The van der Waals surface area contributed by atoms with Gasteiger partial charge in [0.15, 0.2) is 11.9 Å². The number of ketones is 1. The van der Waals surface area contributed by atoms with Gasteiger partial charge in [-0.15, -0.1) is 11.8 Å². The number of thioether (sulfide) groups is 1. The van der Waals surface area contributed by atoms with Gasteiger partial charge >= 0.3 is 11.9 Å². The zero-order valence-electron chi connectivity index (χ0n) is 26.6. The number of β-lactam (4-membered cyclic amide) rings is 1. The topological polar surface area (TPSA) is 145 Å². The molecule has 0 saturated carbocycles. The van der Waals surface area contributed by atoms with Crippen molar-refractivity contribution in [2.24, 2.45) is 4.99 Å². The summed E-state index contributed by atoms with van der Waals surface area (Å²) in [6, 6.07) is 24.0. The van der Waals surface area contributed by atoms with Crippen LogP contribution >= 0.6 is 11.8 Å². The molecule has 1 saturated heterocycles. The van der Waals surface area contributed by atoms with Gasteiger partial charge in [-0.3, -0.25) is 34.4 Å². The maximum absolute atomic E-state index is 14.3. The van der Waals surface area contributed by atoms with E-state index in [2.05, 4.69) is 4.99 Å². The van der Waals surface area contributed by atoms with E-state index >= 15 is 0 Å². The van der Waals surface area contributed by atoms with E-state index in [1.165, 1.54) is 54.1 Å². The normalized spacial score (nSPS) is 18.8. The lowest BCUT2D eigenvalue weighted by Gasteiger charge is -2.54. The van der Waals surface area contributed by atoms with E-state index in [9.17, 15) is 29.3 Å². The first-order chi connectivity index (χ1) is 23.2. The molecule has 0 spiro atoms. The van der Waals surface area contributed by atoms with Gasteiger partial charge in [-0.05, 0) is 35.2 Å². The first-order valence-electron chi connectivity index (χ1n) is 15.6. The molecule has 48 heavy (non-hydrogen) atoms. The summed E-state index contributed by atoms with van der Waals surface area (Å²) in [6.45, 7) is 3.01. The number of benzene rings is 3. The molecule has 3 aromatic carbocycles. The Hall–Kier alpha value is -5.10. The van der Waals surface area contributed by atoms with Gasteiger partial charge in [-0.1, -0.05) is 80.4 Å². The van der Waals surface area contributed by atoms with E-state index in [-0.39, 0.29) is 35.9 Å². The number of hydrogen-bond donors (Lipinski definition) is 0. The summed E-state index contributed by atoms with van der Waals surface area (Å²) in [6.07, 6.45) is 2.88. The van der Waals surface area contributed by atoms with Crippen molar-refractivity contribution < 1.29 is 33.6 Å². The highest BCUT2D eigenvalue weighted by Crippen LogP contribution is 2.50. The zero-order chi connectivity index (χ0) is 34.3. The number of amides is 1. The second kappa shape index (κ2) is 15.2. The van der Waals surface area contributed by atoms with Crippen LogP contribution in [0.4, 0.5) is 5.69 Å². The van der Waals surface area contributed by atoms with Crippen LogP contribution in [0.25, 0.3) is 0 Å². The lowest BCUT2D eigenvalue weighted by atomic mass is 9.80. The Morgan fingerprint density at radius 2 is 1.65 bits per heavy atom. The summed E-state index contributed by atoms with van der Waals surface area (Å²) < 4.78 is 11.4. The van der Waals surface area contributed by atoms with Crippen LogP contribution in [0.5, 0.6) is 0 Å². The summed E-state index contributed by atoms with van der Waals surface area (Å²) in [5.41, 5.74) is 0.252. The molecular formula is C36H35N3O8S. The molecule has 0 unspecified atom stereocenters. The molecule has 2 aliphatic heterocycles. The van der Waals surface area contributed by atoms with Crippen LogP contribution in [0, 0.1) is 10.1 Å². The van der Waals surface area contributed by atoms with E-state index in [0.29, 0.717) is 28.7 Å². The second-order valence-electron chi connectivity index (χ2n) is 11.4. The monoisotopic (exact) mass is 669 g/mol. The van der Waals surface area contributed by atoms with E-state index in [4.69, 9.17) is 9.47 Å². The summed E-state index contributed by atoms with van der Waals surface area (Å²) in [7, 11) is 0. The number of rotatable bonds is 14. The highest BCUT2D eigenvalue weighted by atomic mass is 32.2. The first-order valence-corrected chi connectivity index (χ1v) is 16.7. The number of nitro groups is 1. The van der Waals surface area contributed by atoms with E-state index in [1.807, 2.05) is 67.6 Å². The third-order valence-electron chi connectivity index (χ3n) is 8.15. The Labute approximate surface area is 282 Å². The average molecular weight is 670 g/mol. The summed E-state index contributed by atoms with van der Waals surface area (Å²) in [5, 5.41) is 10.3. The smallest absolute Gasteiger partial charge is 0.356 e. The van der Waals surface area contributed by atoms with Gasteiger partial charge in [0.1, 0.15) is 17.7 Å². The molecule has 1 amide bonds. The molecular weight excluding hydrogens is 634 g/mol. The molecule has 0 N–H and O–H groups in total. The molecule has 0 radical (unpaired) electrons. The van der Waals surface area contributed by atoms with Crippen LogP contribution < -0.4 is 0 Å². The van der Waals surface area contributed by atoms with E-state index < -0.39 is 39.8 Å². The Kier molecular flexibility index (Phi) is 10.8. The minimum Gasteiger partial charge on any atom is -0.461 e. The molecule has 2 aliphatic rings. The van der Waals surface area contributed by atoms with Crippen molar-refractivity contribution in [3.63, 3.8) is 0 Å². The largest absolute Gasteiger partial charge is 0.461 e. The highest BCUT2D eigenvalue weighted by Gasteiger charge is 2.68. The number of nitro benzene ring substituents is 1.